The Kier molecular flexibility index (Phi) is 6.01. The van der Waals surface area contributed by atoms with Crippen LogP contribution in [0, 0.1) is 5.95 Å². The van der Waals surface area contributed by atoms with Crippen LogP contribution >= 0.6 is 0 Å². The van der Waals surface area contributed by atoms with Gasteiger partial charge in [-0.15, -0.1) is 0 Å². The molecule has 2 aromatic rings. The van der Waals surface area contributed by atoms with E-state index in [1.807, 2.05) is 36.1 Å². The first kappa shape index (κ1) is 20.8. The Morgan fingerprint density at radius 2 is 2.07 bits per heavy atom. The number of aromatic nitrogens is 1. The molecule has 3 N–H and O–H groups in total. The van der Waals surface area contributed by atoms with E-state index in [1.165, 1.54) is 6.20 Å². The van der Waals surface area contributed by atoms with Crippen LogP contribution in [0.1, 0.15) is 43.2 Å². The number of carbonyl (C=O) groups excluding carboxylic acids is 1. The van der Waals surface area contributed by atoms with Gasteiger partial charge in [0.25, 0.3) is 0 Å². The number of carbonyl (C=O) groups is 1. The van der Waals surface area contributed by atoms with Gasteiger partial charge in [-0.2, -0.15) is 4.39 Å². The molecule has 2 aliphatic rings. The largest absolute Gasteiger partial charge is 0.488 e. The Labute approximate surface area is 176 Å². The summed E-state index contributed by atoms with van der Waals surface area (Å²) < 4.78 is 19.7. The average molecular weight is 413 g/mol. The summed E-state index contributed by atoms with van der Waals surface area (Å²) in [5, 5.41) is 3.39. The van der Waals surface area contributed by atoms with Gasteiger partial charge in [0.1, 0.15) is 12.4 Å². The lowest BCUT2D eigenvalue weighted by Gasteiger charge is -2.36. The van der Waals surface area contributed by atoms with E-state index in [9.17, 15) is 9.18 Å². The summed E-state index contributed by atoms with van der Waals surface area (Å²) in [5.41, 5.74) is 7.51. The van der Waals surface area contributed by atoms with Gasteiger partial charge in [-0.25, -0.2) is 4.98 Å². The van der Waals surface area contributed by atoms with Crippen LogP contribution in [0.25, 0.3) is 0 Å². The Morgan fingerprint density at radius 1 is 1.30 bits per heavy atom. The van der Waals surface area contributed by atoms with E-state index in [0.717, 1.165) is 43.7 Å². The van der Waals surface area contributed by atoms with Gasteiger partial charge in [-0.05, 0) is 49.9 Å². The number of amides is 1. The monoisotopic (exact) mass is 412 g/mol. The molecule has 2 fully saturated rings. The average Bonchev–Trinajstić information content (AvgIpc) is 3.51. The zero-order chi connectivity index (χ0) is 21.1. The van der Waals surface area contributed by atoms with Crippen LogP contribution in [0.3, 0.4) is 0 Å². The molecule has 0 spiro atoms. The lowest BCUT2D eigenvalue weighted by atomic mass is 9.91. The molecule has 1 saturated carbocycles. The van der Waals surface area contributed by atoms with Crippen molar-refractivity contribution in [3.63, 3.8) is 0 Å². The van der Waals surface area contributed by atoms with Crippen molar-refractivity contribution < 1.29 is 13.9 Å². The molecule has 2 heterocycles. The zero-order valence-corrected chi connectivity index (χ0v) is 17.3. The third kappa shape index (κ3) is 4.96. The molecule has 160 valence electrons. The van der Waals surface area contributed by atoms with Crippen molar-refractivity contribution in [1.82, 2.24) is 15.2 Å². The first-order valence-corrected chi connectivity index (χ1v) is 10.5. The topological polar surface area (TPSA) is 80.5 Å². The molecule has 1 aromatic carbocycles. The molecule has 6 nitrogen and oxygen atoms in total. The minimum absolute atomic E-state index is 0.132. The van der Waals surface area contributed by atoms with Crippen LogP contribution in [0.15, 0.2) is 42.6 Å². The van der Waals surface area contributed by atoms with Crippen molar-refractivity contribution in [1.29, 1.82) is 0 Å². The fourth-order valence-electron chi connectivity index (χ4n) is 3.96. The number of hydrogen-bond donors (Lipinski definition) is 2. The second-order valence-electron chi connectivity index (χ2n) is 8.64. The van der Waals surface area contributed by atoms with Crippen molar-refractivity contribution >= 4 is 5.91 Å². The summed E-state index contributed by atoms with van der Waals surface area (Å²) >= 11 is 0. The third-order valence-electron chi connectivity index (χ3n) is 6.10. The predicted molar refractivity (Wildman–Crippen MR) is 113 cm³/mol. The molecular formula is C23H29FN4O2. The molecule has 2 unspecified atom stereocenters. The highest BCUT2D eigenvalue weighted by atomic mass is 19.1. The fourth-order valence-corrected chi connectivity index (χ4v) is 3.96. The molecule has 2 atom stereocenters. The predicted octanol–water partition coefficient (Wildman–Crippen LogP) is 2.59. The molecule has 1 amide bonds. The van der Waals surface area contributed by atoms with E-state index in [0.29, 0.717) is 18.0 Å². The number of hydrogen-bond acceptors (Lipinski definition) is 5. The van der Waals surface area contributed by atoms with Gasteiger partial charge in [-0.3, -0.25) is 4.79 Å². The van der Waals surface area contributed by atoms with Crippen LogP contribution in [0.4, 0.5) is 4.39 Å². The zero-order valence-electron chi connectivity index (χ0n) is 17.3. The van der Waals surface area contributed by atoms with Gasteiger partial charge < -0.3 is 20.7 Å². The van der Waals surface area contributed by atoms with Gasteiger partial charge >= 0.3 is 0 Å². The van der Waals surface area contributed by atoms with Crippen molar-refractivity contribution in [2.24, 2.45) is 5.73 Å². The number of nitrogens with two attached hydrogens (primary N) is 1. The number of piperidine rings is 1. The Morgan fingerprint density at radius 3 is 2.83 bits per heavy atom. The number of nitrogens with one attached hydrogen (secondary N) is 1. The first-order valence-electron chi connectivity index (χ1n) is 10.5. The molecular weight excluding hydrogens is 383 g/mol. The summed E-state index contributed by atoms with van der Waals surface area (Å²) in [5.74, 6) is 0.668. The van der Waals surface area contributed by atoms with E-state index in [1.54, 1.807) is 12.1 Å². The van der Waals surface area contributed by atoms with Gasteiger partial charge in [0, 0.05) is 42.3 Å². The summed E-state index contributed by atoms with van der Waals surface area (Å²) in [6.07, 6.45) is 4.06. The second-order valence-corrected chi connectivity index (χ2v) is 8.64. The van der Waals surface area contributed by atoms with Crippen molar-refractivity contribution in [3.8, 4) is 5.75 Å². The Bertz CT molecular complexity index is 894. The number of pyridine rings is 1. The van der Waals surface area contributed by atoms with Gasteiger partial charge in [-0.1, -0.05) is 18.2 Å². The molecule has 1 aromatic heterocycles. The quantitative estimate of drug-likeness (QED) is 0.684. The smallest absolute Gasteiger partial charge is 0.236 e. The maximum atomic E-state index is 13.8. The van der Waals surface area contributed by atoms with E-state index in [-0.39, 0.29) is 24.1 Å². The first-order chi connectivity index (χ1) is 14.4. The third-order valence-corrected chi connectivity index (χ3v) is 6.10. The number of likely N-dealkylation sites (tertiary alicyclic amines) is 1. The summed E-state index contributed by atoms with van der Waals surface area (Å²) in [4.78, 5) is 18.1. The Hall–Kier alpha value is -2.51. The van der Waals surface area contributed by atoms with E-state index in [2.05, 4.69) is 10.3 Å². The molecule has 1 aliphatic heterocycles. The lowest BCUT2D eigenvalue weighted by molar-refractivity contribution is -0.131. The molecule has 0 radical (unpaired) electrons. The highest BCUT2D eigenvalue weighted by molar-refractivity contribution is 5.78. The number of ether oxygens (including phenoxy) is 1. The summed E-state index contributed by atoms with van der Waals surface area (Å²) in [7, 11) is 0. The van der Waals surface area contributed by atoms with Crippen LogP contribution in [-0.4, -0.2) is 47.0 Å². The molecule has 1 aliphatic carbocycles. The normalized spacial score (nSPS) is 22.6. The van der Waals surface area contributed by atoms with Crippen LogP contribution in [-0.2, 0) is 11.4 Å². The maximum absolute atomic E-state index is 13.8. The Balaban J connectivity index is 1.29. The SMILES string of the molecule is CC1(N)CCN(C(=O)CNC2CC2c2ccccc2OCc2cccnc2F)CC1. The van der Waals surface area contributed by atoms with E-state index in [4.69, 9.17) is 10.5 Å². The minimum Gasteiger partial charge on any atom is -0.488 e. The van der Waals surface area contributed by atoms with Crippen molar-refractivity contribution in [2.45, 2.75) is 50.3 Å². The van der Waals surface area contributed by atoms with Crippen molar-refractivity contribution in [3.05, 3.63) is 59.7 Å². The van der Waals surface area contributed by atoms with E-state index < -0.39 is 5.95 Å². The fraction of sp³-hybridized carbons (Fsp3) is 0.478. The second kappa shape index (κ2) is 8.70. The van der Waals surface area contributed by atoms with Gasteiger partial charge in [0.15, 0.2) is 0 Å². The molecule has 4 rings (SSSR count). The number of rotatable bonds is 7. The standard InChI is InChI=1S/C23H29FN4O2/c1-23(25)8-11-28(12-9-23)21(29)14-27-19-13-18(19)17-6-2-3-7-20(17)30-15-16-5-4-10-26-22(16)24/h2-7,10,18-19,27H,8-9,11-15,25H2,1H3. The maximum Gasteiger partial charge on any atom is 0.236 e. The van der Waals surface area contributed by atoms with Crippen LogP contribution < -0.4 is 15.8 Å². The summed E-state index contributed by atoms with van der Waals surface area (Å²) in [6, 6.07) is 11.4. The highest BCUT2D eigenvalue weighted by Crippen LogP contribution is 2.44. The number of nitrogens with zero attached hydrogens (tertiary/aromatic N) is 2. The minimum atomic E-state index is -0.507. The molecule has 7 heteroatoms. The van der Waals surface area contributed by atoms with Gasteiger partial charge in [0.05, 0.1) is 6.54 Å². The number of benzene rings is 1. The van der Waals surface area contributed by atoms with E-state index >= 15 is 0 Å². The van der Waals surface area contributed by atoms with Crippen LogP contribution in [0.2, 0.25) is 0 Å². The highest BCUT2D eigenvalue weighted by Gasteiger charge is 2.40. The summed E-state index contributed by atoms with van der Waals surface area (Å²) in [6.45, 7) is 3.97. The molecule has 0 bridgehead atoms. The van der Waals surface area contributed by atoms with Crippen molar-refractivity contribution in [2.75, 3.05) is 19.6 Å². The molecule has 1 saturated heterocycles. The van der Waals surface area contributed by atoms with Crippen LogP contribution in [0.5, 0.6) is 5.75 Å². The molecule has 30 heavy (non-hydrogen) atoms. The number of para-hydroxylation sites is 1. The lowest BCUT2D eigenvalue weighted by Crippen LogP contribution is -2.51. The van der Waals surface area contributed by atoms with Gasteiger partial charge in [0.2, 0.25) is 11.9 Å². The number of halogens is 1.